The SMILES string of the molecule is Cc1nc2ccc(C3=CC(=O)N4C=C(C5=CCN(C6CC6)CC5)C=C/C4=C\C=C3)cc2s1. The molecule has 5 heteroatoms. The van der Waals surface area contributed by atoms with Gasteiger partial charge in [-0.1, -0.05) is 30.4 Å². The van der Waals surface area contributed by atoms with Crippen molar-refractivity contribution in [2.24, 2.45) is 0 Å². The van der Waals surface area contributed by atoms with Crippen LogP contribution in [-0.4, -0.2) is 39.8 Å². The van der Waals surface area contributed by atoms with Crippen molar-refractivity contribution in [1.29, 1.82) is 0 Å². The molecule has 1 aromatic carbocycles. The molecule has 2 aromatic rings. The van der Waals surface area contributed by atoms with Gasteiger partial charge in [-0.3, -0.25) is 14.6 Å². The van der Waals surface area contributed by atoms with Gasteiger partial charge in [0.05, 0.1) is 15.2 Å². The van der Waals surface area contributed by atoms with Crippen molar-refractivity contribution in [3.05, 3.63) is 94.3 Å². The van der Waals surface area contributed by atoms with E-state index in [0.717, 1.165) is 63.2 Å². The maximum absolute atomic E-state index is 13.3. The third-order valence-electron chi connectivity index (χ3n) is 6.54. The Bertz CT molecular complexity index is 1300. The number of aromatic nitrogens is 1. The topological polar surface area (TPSA) is 36.4 Å². The molecule has 160 valence electrons. The number of nitrogens with zero attached hydrogens (tertiary/aromatic N) is 3. The van der Waals surface area contributed by atoms with E-state index in [1.54, 1.807) is 22.3 Å². The van der Waals surface area contributed by atoms with Crippen LogP contribution < -0.4 is 0 Å². The molecule has 0 N–H and O–H groups in total. The van der Waals surface area contributed by atoms with Crippen molar-refractivity contribution >= 4 is 33.0 Å². The number of fused-ring (bicyclic) bond motifs is 2. The van der Waals surface area contributed by atoms with Crippen molar-refractivity contribution in [2.45, 2.75) is 32.2 Å². The molecule has 0 bridgehead atoms. The highest BCUT2D eigenvalue weighted by atomic mass is 32.1. The second kappa shape index (κ2) is 7.84. The Hall–Kier alpha value is -3.02. The Morgan fingerprint density at radius 1 is 1.12 bits per heavy atom. The molecule has 6 rings (SSSR count). The van der Waals surface area contributed by atoms with Crippen molar-refractivity contribution in [3.63, 3.8) is 0 Å². The lowest BCUT2D eigenvalue weighted by atomic mass is 9.96. The Kier molecular flexibility index (Phi) is 4.81. The number of benzene rings is 1. The van der Waals surface area contributed by atoms with Crippen LogP contribution in [0.5, 0.6) is 0 Å². The normalized spacial score (nSPS) is 23.2. The van der Waals surface area contributed by atoms with Crippen LogP contribution in [0.25, 0.3) is 15.8 Å². The number of allylic oxidation sites excluding steroid dienone is 7. The molecular weight excluding hydrogens is 414 g/mol. The fourth-order valence-electron chi connectivity index (χ4n) is 4.65. The average Bonchev–Trinajstić information content (AvgIpc) is 3.58. The van der Waals surface area contributed by atoms with E-state index >= 15 is 0 Å². The number of hydrogen-bond acceptors (Lipinski definition) is 4. The zero-order valence-electron chi connectivity index (χ0n) is 18.1. The van der Waals surface area contributed by atoms with Crippen molar-refractivity contribution in [1.82, 2.24) is 14.8 Å². The second-order valence-corrected chi connectivity index (χ2v) is 10.0. The van der Waals surface area contributed by atoms with Gasteiger partial charge in [-0.05, 0) is 72.8 Å². The number of hydrogen-bond donors (Lipinski definition) is 0. The van der Waals surface area contributed by atoms with E-state index in [-0.39, 0.29) is 5.91 Å². The number of amides is 1. The summed E-state index contributed by atoms with van der Waals surface area (Å²) in [6.45, 7) is 4.16. The number of aryl methyl sites for hydroxylation is 1. The maximum atomic E-state index is 13.3. The van der Waals surface area contributed by atoms with Gasteiger partial charge >= 0.3 is 0 Å². The Morgan fingerprint density at radius 3 is 2.84 bits per heavy atom. The van der Waals surface area contributed by atoms with Crippen LogP contribution in [0.4, 0.5) is 0 Å². The number of rotatable bonds is 3. The van der Waals surface area contributed by atoms with Crippen LogP contribution in [0.15, 0.2) is 83.8 Å². The maximum Gasteiger partial charge on any atom is 0.255 e. The summed E-state index contributed by atoms with van der Waals surface area (Å²) in [6, 6.07) is 7.02. The molecule has 1 saturated carbocycles. The van der Waals surface area contributed by atoms with Crippen LogP contribution in [0.3, 0.4) is 0 Å². The first-order chi connectivity index (χ1) is 15.6. The minimum Gasteiger partial charge on any atom is -0.296 e. The lowest BCUT2D eigenvalue weighted by Gasteiger charge is -2.29. The Labute approximate surface area is 192 Å². The highest BCUT2D eigenvalue weighted by molar-refractivity contribution is 7.18. The summed E-state index contributed by atoms with van der Waals surface area (Å²) in [4.78, 5) is 22.2. The molecule has 4 heterocycles. The van der Waals surface area contributed by atoms with Gasteiger partial charge in [-0.25, -0.2) is 4.98 Å². The average molecular weight is 440 g/mol. The van der Waals surface area contributed by atoms with Crippen LogP contribution in [0.1, 0.15) is 29.8 Å². The third-order valence-corrected chi connectivity index (χ3v) is 7.48. The molecule has 4 aliphatic rings. The van der Waals surface area contributed by atoms with Gasteiger partial charge in [-0.15, -0.1) is 11.3 Å². The van der Waals surface area contributed by atoms with Gasteiger partial charge in [0.25, 0.3) is 5.91 Å². The predicted molar refractivity (Wildman–Crippen MR) is 131 cm³/mol. The quantitative estimate of drug-likeness (QED) is 0.632. The van der Waals surface area contributed by atoms with E-state index < -0.39 is 0 Å². The van der Waals surface area contributed by atoms with Gasteiger partial charge < -0.3 is 0 Å². The van der Waals surface area contributed by atoms with E-state index in [4.69, 9.17) is 0 Å². The first kappa shape index (κ1) is 19.6. The van der Waals surface area contributed by atoms with E-state index in [2.05, 4.69) is 34.2 Å². The van der Waals surface area contributed by atoms with Crippen LogP contribution >= 0.6 is 11.3 Å². The standard InChI is InChI=1S/C27H25N3OS/c1-18-28-25-10-6-21(15-26(25)32-18)20-3-2-4-24-7-5-22(17-30(24)27(31)16-20)19-11-13-29(14-12-19)23-8-9-23/h2-7,10-11,15-17,23H,8-9,12-14H2,1H3/b3-2?,20-16?,24-4+. The van der Waals surface area contributed by atoms with Gasteiger partial charge in [-0.2, -0.15) is 0 Å². The van der Waals surface area contributed by atoms with Gasteiger partial charge in [0.2, 0.25) is 0 Å². The molecule has 4 nitrogen and oxygen atoms in total. The fraction of sp³-hybridized carbons (Fsp3) is 0.259. The monoisotopic (exact) mass is 439 g/mol. The van der Waals surface area contributed by atoms with Gasteiger partial charge in [0.15, 0.2) is 0 Å². The largest absolute Gasteiger partial charge is 0.296 e. The summed E-state index contributed by atoms with van der Waals surface area (Å²) in [5.41, 5.74) is 6.35. The second-order valence-electron chi connectivity index (χ2n) is 8.80. The molecule has 0 radical (unpaired) electrons. The minimum atomic E-state index is -0.0194. The molecule has 1 aliphatic carbocycles. The molecule has 0 atom stereocenters. The molecule has 0 spiro atoms. The number of carbonyl (C=O) groups is 1. The van der Waals surface area contributed by atoms with E-state index in [0.29, 0.717) is 0 Å². The summed E-state index contributed by atoms with van der Waals surface area (Å²) < 4.78 is 1.15. The summed E-state index contributed by atoms with van der Waals surface area (Å²) in [7, 11) is 0. The van der Waals surface area contributed by atoms with Crippen molar-refractivity contribution < 1.29 is 4.79 Å². The summed E-state index contributed by atoms with van der Waals surface area (Å²) in [5, 5.41) is 1.05. The van der Waals surface area contributed by atoms with Crippen LogP contribution in [0.2, 0.25) is 0 Å². The highest BCUT2D eigenvalue weighted by Gasteiger charge is 2.30. The van der Waals surface area contributed by atoms with E-state index in [1.807, 2.05) is 43.5 Å². The molecule has 1 amide bonds. The number of thiazole rings is 1. The molecule has 0 saturated heterocycles. The summed E-state index contributed by atoms with van der Waals surface area (Å²) in [5.74, 6) is -0.0194. The predicted octanol–water partition coefficient (Wildman–Crippen LogP) is 5.52. The number of carbonyl (C=O) groups excluding carboxylic acids is 1. The fourth-order valence-corrected chi connectivity index (χ4v) is 5.51. The minimum absolute atomic E-state index is 0.0194. The first-order valence-electron chi connectivity index (χ1n) is 11.3. The lowest BCUT2D eigenvalue weighted by molar-refractivity contribution is -0.122. The molecule has 0 unspecified atom stereocenters. The molecule has 1 fully saturated rings. The van der Waals surface area contributed by atoms with Crippen LogP contribution in [-0.2, 0) is 4.79 Å². The lowest BCUT2D eigenvalue weighted by Crippen LogP contribution is -2.31. The third kappa shape index (κ3) is 3.72. The molecule has 1 aromatic heterocycles. The highest BCUT2D eigenvalue weighted by Crippen LogP contribution is 2.33. The summed E-state index contributed by atoms with van der Waals surface area (Å²) >= 11 is 1.68. The zero-order chi connectivity index (χ0) is 21.7. The van der Waals surface area contributed by atoms with Crippen molar-refractivity contribution in [2.75, 3.05) is 13.1 Å². The smallest absolute Gasteiger partial charge is 0.255 e. The van der Waals surface area contributed by atoms with Crippen molar-refractivity contribution in [3.8, 4) is 0 Å². The van der Waals surface area contributed by atoms with E-state index in [9.17, 15) is 4.79 Å². The first-order valence-corrected chi connectivity index (χ1v) is 12.1. The van der Waals surface area contributed by atoms with Gasteiger partial charge in [0, 0.05) is 37.1 Å². The molecule has 32 heavy (non-hydrogen) atoms. The zero-order valence-corrected chi connectivity index (χ0v) is 18.9. The molecular formula is C27H25N3OS. The van der Waals surface area contributed by atoms with E-state index in [1.165, 1.54) is 18.4 Å². The van der Waals surface area contributed by atoms with Gasteiger partial charge in [0.1, 0.15) is 0 Å². The summed E-state index contributed by atoms with van der Waals surface area (Å²) in [6.07, 6.45) is 20.1. The Balaban J connectivity index is 1.29. The molecule has 3 aliphatic heterocycles. The Morgan fingerprint density at radius 2 is 2.03 bits per heavy atom. The van der Waals surface area contributed by atoms with Crippen LogP contribution in [0, 0.1) is 6.92 Å².